The lowest BCUT2D eigenvalue weighted by molar-refractivity contribution is -0.113. The smallest absolute Gasteiger partial charge is 0.155 e. The van der Waals surface area contributed by atoms with Crippen LogP contribution in [0.2, 0.25) is 0 Å². The first-order valence-electron chi connectivity index (χ1n) is 3.86. The molecule has 0 saturated heterocycles. The zero-order valence-corrected chi connectivity index (χ0v) is 7.61. The first-order valence-corrected chi connectivity index (χ1v) is 3.86. The lowest BCUT2D eigenvalue weighted by atomic mass is 10.1. The van der Waals surface area contributed by atoms with Crippen LogP contribution in [0.4, 0.5) is 0 Å². The molecule has 1 heteroatoms. The summed E-state index contributed by atoms with van der Waals surface area (Å²) in [6.07, 6.45) is 3.84. The highest BCUT2D eigenvalue weighted by Gasteiger charge is 1.97. The van der Waals surface area contributed by atoms with Crippen LogP contribution in [-0.2, 0) is 4.79 Å². The van der Waals surface area contributed by atoms with E-state index in [9.17, 15) is 4.79 Å². The van der Waals surface area contributed by atoms with Gasteiger partial charge < -0.3 is 0 Å². The number of rotatable bonds is 4. The summed E-state index contributed by atoms with van der Waals surface area (Å²) >= 11 is 0. The van der Waals surface area contributed by atoms with E-state index in [-0.39, 0.29) is 5.78 Å². The molecule has 0 aliphatic heterocycles. The number of carbonyl (C=O) groups is 1. The van der Waals surface area contributed by atoms with Crippen molar-refractivity contribution in [3.63, 3.8) is 0 Å². The Morgan fingerprint density at radius 3 is 2.27 bits per heavy atom. The summed E-state index contributed by atoms with van der Waals surface area (Å²) in [5, 5.41) is 0. The molecule has 0 aromatic rings. The maximum absolute atomic E-state index is 10.7. The second kappa shape index (κ2) is 4.89. The van der Waals surface area contributed by atoms with Gasteiger partial charge in [0.1, 0.15) is 0 Å². The van der Waals surface area contributed by atoms with Gasteiger partial charge >= 0.3 is 0 Å². The van der Waals surface area contributed by atoms with Crippen LogP contribution in [0.1, 0.15) is 33.6 Å². The van der Waals surface area contributed by atoms with E-state index >= 15 is 0 Å². The molecule has 11 heavy (non-hydrogen) atoms. The van der Waals surface area contributed by atoms with Crippen molar-refractivity contribution in [2.75, 3.05) is 0 Å². The quantitative estimate of drug-likeness (QED) is 0.447. The molecule has 62 valence electrons. The fraction of sp³-hybridized carbons (Fsp3) is 0.500. The third kappa shape index (κ3) is 5.59. The van der Waals surface area contributed by atoms with E-state index in [4.69, 9.17) is 0 Å². The van der Waals surface area contributed by atoms with E-state index in [1.54, 1.807) is 6.92 Å². The van der Waals surface area contributed by atoms with Gasteiger partial charge in [0.25, 0.3) is 0 Å². The molecule has 0 saturated carbocycles. The molecule has 0 heterocycles. The topological polar surface area (TPSA) is 17.1 Å². The Bertz CT molecular complexity index is 183. The first kappa shape index (κ1) is 10.2. The molecule has 0 aromatic heterocycles. The monoisotopic (exact) mass is 152 g/mol. The van der Waals surface area contributed by atoms with E-state index < -0.39 is 0 Å². The SMILES string of the molecule is C=C(CCC=C(C)C)C(C)=O. The second-order valence-electron chi connectivity index (χ2n) is 2.98. The van der Waals surface area contributed by atoms with Gasteiger partial charge in [-0.3, -0.25) is 4.79 Å². The van der Waals surface area contributed by atoms with Crippen molar-refractivity contribution in [1.29, 1.82) is 0 Å². The number of allylic oxidation sites excluding steroid dienone is 3. The van der Waals surface area contributed by atoms with Gasteiger partial charge in [-0.1, -0.05) is 18.2 Å². The van der Waals surface area contributed by atoms with Crippen molar-refractivity contribution in [2.45, 2.75) is 33.6 Å². The number of hydrogen-bond acceptors (Lipinski definition) is 1. The van der Waals surface area contributed by atoms with Crippen molar-refractivity contribution < 1.29 is 4.79 Å². The molecule has 0 radical (unpaired) electrons. The Labute approximate surface area is 68.8 Å². The van der Waals surface area contributed by atoms with Crippen LogP contribution < -0.4 is 0 Å². The van der Waals surface area contributed by atoms with Crippen LogP contribution in [0.3, 0.4) is 0 Å². The number of ketones is 1. The van der Waals surface area contributed by atoms with Gasteiger partial charge in [0.05, 0.1) is 0 Å². The standard InChI is InChI=1S/C10H16O/c1-8(2)6-5-7-9(3)10(4)11/h6H,3,5,7H2,1-2,4H3. The molecular formula is C10H16O. The summed E-state index contributed by atoms with van der Waals surface area (Å²) in [5.74, 6) is 0.104. The van der Waals surface area contributed by atoms with Crippen LogP contribution in [0, 0.1) is 0 Å². The fourth-order valence-electron chi connectivity index (χ4n) is 0.711. The highest BCUT2D eigenvalue weighted by atomic mass is 16.1. The van der Waals surface area contributed by atoms with Crippen LogP contribution in [0.5, 0.6) is 0 Å². The predicted octanol–water partition coefficient (Wildman–Crippen LogP) is 2.88. The lowest BCUT2D eigenvalue weighted by Gasteiger charge is -1.96. The maximum atomic E-state index is 10.7. The van der Waals surface area contributed by atoms with Gasteiger partial charge in [-0.2, -0.15) is 0 Å². The second-order valence-corrected chi connectivity index (χ2v) is 2.98. The van der Waals surface area contributed by atoms with E-state index in [1.807, 2.05) is 0 Å². The molecule has 0 aliphatic rings. The van der Waals surface area contributed by atoms with Crippen molar-refractivity contribution in [1.82, 2.24) is 0 Å². The van der Waals surface area contributed by atoms with Gasteiger partial charge in [-0.05, 0) is 39.2 Å². The molecule has 0 unspecified atom stereocenters. The van der Waals surface area contributed by atoms with Crippen molar-refractivity contribution in [2.24, 2.45) is 0 Å². The summed E-state index contributed by atoms with van der Waals surface area (Å²) in [4.78, 5) is 10.7. The van der Waals surface area contributed by atoms with E-state index in [0.717, 1.165) is 18.4 Å². The Morgan fingerprint density at radius 1 is 1.36 bits per heavy atom. The average Bonchev–Trinajstić information content (AvgIpc) is 1.86. The minimum absolute atomic E-state index is 0.104. The maximum Gasteiger partial charge on any atom is 0.155 e. The Kier molecular flexibility index (Phi) is 4.51. The van der Waals surface area contributed by atoms with Gasteiger partial charge in [-0.15, -0.1) is 0 Å². The molecule has 0 N–H and O–H groups in total. The normalized spacial score (nSPS) is 9.00. The number of hydrogen-bond donors (Lipinski definition) is 0. The fourth-order valence-corrected chi connectivity index (χ4v) is 0.711. The van der Waals surface area contributed by atoms with Crippen molar-refractivity contribution in [3.8, 4) is 0 Å². The van der Waals surface area contributed by atoms with Crippen LogP contribution >= 0.6 is 0 Å². The van der Waals surface area contributed by atoms with Gasteiger partial charge in [-0.25, -0.2) is 0 Å². The lowest BCUT2D eigenvalue weighted by Crippen LogP contribution is -1.93. The molecule has 0 fully saturated rings. The summed E-state index contributed by atoms with van der Waals surface area (Å²) in [6, 6.07) is 0. The third-order valence-corrected chi connectivity index (χ3v) is 1.50. The van der Waals surface area contributed by atoms with Crippen molar-refractivity contribution >= 4 is 5.78 Å². The largest absolute Gasteiger partial charge is 0.295 e. The summed E-state index contributed by atoms with van der Waals surface area (Å²) in [6.45, 7) is 9.34. The zero-order chi connectivity index (χ0) is 8.85. The van der Waals surface area contributed by atoms with Gasteiger partial charge in [0.15, 0.2) is 5.78 Å². The molecule has 0 bridgehead atoms. The Morgan fingerprint density at radius 2 is 1.91 bits per heavy atom. The zero-order valence-electron chi connectivity index (χ0n) is 7.61. The Hall–Kier alpha value is -0.850. The van der Waals surface area contributed by atoms with Gasteiger partial charge in [0, 0.05) is 0 Å². The molecule has 0 aliphatic carbocycles. The van der Waals surface area contributed by atoms with Crippen molar-refractivity contribution in [3.05, 3.63) is 23.8 Å². The molecule has 0 rings (SSSR count). The molecule has 0 atom stereocenters. The molecule has 0 aromatic carbocycles. The van der Waals surface area contributed by atoms with E-state index in [0.29, 0.717) is 0 Å². The highest BCUT2D eigenvalue weighted by Crippen LogP contribution is 2.05. The highest BCUT2D eigenvalue weighted by molar-refractivity contribution is 5.92. The van der Waals surface area contributed by atoms with Crippen LogP contribution in [0.25, 0.3) is 0 Å². The minimum atomic E-state index is 0.104. The Balaban J connectivity index is 3.64. The summed E-state index contributed by atoms with van der Waals surface area (Å²) < 4.78 is 0. The third-order valence-electron chi connectivity index (χ3n) is 1.50. The number of carbonyl (C=O) groups excluding carboxylic acids is 1. The van der Waals surface area contributed by atoms with Gasteiger partial charge in [0.2, 0.25) is 0 Å². The molecule has 0 spiro atoms. The van der Waals surface area contributed by atoms with Crippen LogP contribution in [0.15, 0.2) is 23.8 Å². The molecule has 1 nitrogen and oxygen atoms in total. The summed E-state index contributed by atoms with van der Waals surface area (Å²) in [7, 11) is 0. The predicted molar refractivity (Wildman–Crippen MR) is 48.5 cm³/mol. The van der Waals surface area contributed by atoms with Crippen LogP contribution in [-0.4, -0.2) is 5.78 Å². The number of Topliss-reactive ketones (excluding diaryl/α,β-unsaturated/α-hetero) is 1. The average molecular weight is 152 g/mol. The summed E-state index contributed by atoms with van der Waals surface area (Å²) in [5.41, 5.74) is 2.02. The van der Waals surface area contributed by atoms with E-state index in [2.05, 4.69) is 26.5 Å². The molecular weight excluding hydrogens is 136 g/mol. The van der Waals surface area contributed by atoms with E-state index in [1.165, 1.54) is 5.57 Å². The first-order chi connectivity index (χ1) is 5.04. The molecule has 0 amide bonds. The minimum Gasteiger partial charge on any atom is -0.295 e.